The van der Waals surface area contributed by atoms with E-state index in [1.54, 1.807) is 24.3 Å². The van der Waals surface area contributed by atoms with Crippen LogP contribution in [0.3, 0.4) is 0 Å². The lowest BCUT2D eigenvalue weighted by atomic mass is 10.1. The normalized spacial score (nSPS) is 12.0. The molecule has 0 aliphatic heterocycles. The highest BCUT2D eigenvalue weighted by Crippen LogP contribution is 2.25. The summed E-state index contributed by atoms with van der Waals surface area (Å²) in [6.07, 6.45) is 0. The minimum absolute atomic E-state index is 0.257. The molecule has 0 bridgehead atoms. The van der Waals surface area contributed by atoms with Gasteiger partial charge in [-0.25, -0.2) is 0 Å². The molecule has 1 unspecified atom stereocenters. The number of hydrogen-bond acceptors (Lipinski definition) is 2. The van der Waals surface area contributed by atoms with Gasteiger partial charge in [-0.1, -0.05) is 40.9 Å². The first kappa shape index (κ1) is 15.4. The molecule has 0 aliphatic rings. The third kappa shape index (κ3) is 3.75. The SMILES string of the molecule is Cc1ccc(OC(Br)C(=O)c2ccc(Cl)cc2Cl)cc1. The van der Waals surface area contributed by atoms with Crippen molar-refractivity contribution in [2.24, 2.45) is 0 Å². The number of ketones is 1. The summed E-state index contributed by atoms with van der Waals surface area (Å²) in [6, 6.07) is 12.2. The lowest BCUT2D eigenvalue weighted by Gasteiger charge is -2.13. The van der Waals surface area contributed by atoms with Crippen molar-refractivity contribution in [3.05, 3.63) is 63.6 Å². The van der Waals surface area contributed by atoms with Crippen molar-refractivity contribution < 1.29 is 9.53 Å². The Hall–Kier alpha value is -1.03. The van der Waals surface area contributed by atoms with E-state index in [9.17, 15) is 4.79 Å². The highest BCUT2D eigenvalue weighted by molar-refractivity contribution is 9.09. The van der Waals surface area contributed by atoms with Crippen molar-refractivity contribution in [1.29, 1.82) is 0 Å². The van der Waals surface area contributed by atoms with Gasteiger partial charge >= 0.3 is 0 Å². The Bertz CT molecular complexity index is 626. The Labute approximate surface area is 135 Å². The van der Waals surface area contributed by atoms with Crippen molar-refractivity contribution in [2.45, 2.75) is 11.9 Å². The third-order valence-electron chi connectivity index (χ3n) is 2.66. The molecule has 20 heavy (non-hydrogen) atoms. The Morgan fingerprint density at radius 2 is 1.80 bits per heavy atom. The van der Waals surface area contributed by atoms with E-state index >= 15 is 0 Å². The first-order valence-corrected chi connectivity index (χ1v) is 7.51. The maximum atomic E-state index is 12.2. The molecule has 0 saturated heterocycles. The van der Waals surface area contributed by atoms with Gasteiger partial charge in [-0.3, -0.25) is 4.79 Å². The van der Waals surface area contributed by atoms with Gasteiger partial charge in [0.15, 0.2) is 0 Å². The average molecular weight is 374 g/mol. The largest absolute Gasteiger partial charge is 0.471 e. The zero-order valence-corrected chi connectivity index (χ0v) is 13.7. The fraction of sp³-hybridized carbons (Fsp3) is 0.133. The first-order valence-electron chi connectivity index (χ1n) is 5.84. The number of alkyl halides is 1. The lowest BCUT2D eigenvalue weighted by molar-refractivity contribution is 0.0897. The Kier molecular flexibility index (Phi) is 5.08. The lowest BCUT2D eigenvalue weighted by Crippen LogP contribution is -2.21. The summed E-state index contributed by atoms with van der Waals surface area (Å²) in [5.41, 5.74) is 1.49. The average Bonchev–Trinajstić information content (AvgIpc) is 2.40. The second-order valence-electron chi connectivity index (χ2n) is 4.24. The topological polar surface area (TPSA) is 26.3 Å². The van der Waals surface area contributed by atoms with Crippen LogP contribution in [-0.4, -0.2) is 10.8 Å². The number of carbonyl (C=O) groups excluding carboxylic acids is 1. The summed E-state index contributed by atoms with van der Waals surface area (Å²) < 4.78 is 5.55. The molecule has 2 aromatic carbocycles. The van der Waals surface area contributed by atoms with Crippen LogP contribution in [0.1, 0.15) is 15.9 Å². The Morgan fingerprint density at radius 1 is 1.15 bits per heavy atom. The van der Waals surface area contributed by atoms with Crippen LogP contribution in [0.4, 0.5) is 0 Å². The van der Waals surface area contributed by atoms with Gasteiger partial charge in [0.25, 0.3) is 0 Å². The van der Waals surface area contributed by atoms with Crippen LogP contribution in [0.15, 0.2) is 42.5 Å². The summed E-state index contributed by atoms with van der Waals surface area (Å²) in [4.78, 5) is 12.2. The van der Waals surface area contributed by atoms with E-state index in [1.807, 2.05) is 19.1 Å². The fourth-order valence-corrected chi connectivity index (χ4v) is 2.57. The quantitative estimate of drug-likeness (QED) is 0.538. The Balaban J connectivity index is 2.14. The highest BCUT2D eigenvalue weighted by Gasteiger charge is 2.21. The minimum atomic E-state index is -0.802. The molecule has 0 fully saturated rings. The van der Waals surface area contributed by atoms with Crippen LogP contribution < -0.4 is 4.74 Å². The maximum absolute atomic E-state index is 12.2. The van der Waals surface area contributed by atoms with E-state index in [0.29, 0.717) is 21.4 Å². The van der Waals surface area contributed by atoms with E-state index in [1.165, 1.54) is 6.07 Å². The van der Waals surface area contributed by atoms with Crippen LogP contribution in [0.25, 0.3) is 0 Å². The second-order valence-corrected chi connectivity index (χ2v) is 5.91. The number of ether oxygens (including phenoxy) is 1. The molecule has 104 valence electrons. The molecule has 2 nitrogen and oxygen atoms in total. The zero-order valence-electron chi connectivity index (χ0n) is 10.6. The van der Waals surface area contributed by atoms with Gasteiger partial charge < -0.3 is 4.74 Å². The molecule has 5 heteroatoms. The summed E-state index contributed by atoms with van der Waals surface area (Å²) in [5, 5.41) is -0.0135. The molecule has 0 spiro atoms. The number of halogens is 3. The van der Waals surface area contributed by atoms with Crippen LogP contribution in [0, 0.1) is 6.92 Å². The number of hydrogen-bond donors (Lipinski definition) is 0. The molecule has 0 N–H and O–H groups in total. The van der Waals surface area contributed by atoms with Crippen molar-refractivity contribution in [3.8, 4) is 5.75 Å². The number of carbonyl (C=O) groups is 1. The van der Waals surface area contributed by atoms with E-state index < -0.39 is 5.01 Å². The molecule has 2 rings (SSSR count). The van der Waals surface area contributed by atoms with Gasteiger partial charge in [0.2, 0.25) is 10.8 Å². The number of rotatable bonds is 4. The summed E-state index contributed by atoms with van der Waals surface area (Å²) in [7, 11) is 0. The van der Waals surface area contributed by atoms with E-state index in [2.05, 4.69) is 15.9 Å². The molecule has 0 radical (unpaired) electrons. The summed E-state index contributed by atoms with van der Waals surface area (Å²) in [5.74, 6) is 0.350. The van der Waals surface area contributed by atoms with Gasteiger partial charge in [-0.05, 0) is 53.2 Å². The molecule has 0 amide bonds. The van der Waals surface area contributed by atoms with Gasteiger partial charge in [0.1, 0.15) is 5.75 Å². The monoisotopic (exact) mass is 372 g/mol. The van der Waals surface area contributed by atoms with E-state index in [-0.39, 0.29) is 5.78 Å². The summed E-state index contributed by atoms with van der Waals surface area (Å²) in [6.45, 7) is 1.98. The van der Waals surface area contributed by atoms with Crippen LogP contribution in [0.2, 0.25) is 10.0 Å². The molecule has 0 heterocycles. The summed E-state index contributed by atoms with van der Waals surface area (Å²) >= 11 is 15.0. The fourth-order valence-electron chi connectivity index (χ4n) is 1.60. The predicted molar refractivity (Wildman–Crippen MR) is 85.3 cm³/mol. The first-order chi connectivity index (χ1) is 9.47. The van der Waals surface area contributed by atoms with Crippen LogP contribution >= 0.6 is 39.1 Å². The zero-order chi connectivity index (χ0) is 14.7. The van der Waals surface area contributed by atoms with E-state index in [0.717, 1.165) is 5.56 Å². The molecule has 2 aromatic rings. The molecule has 0 aromatic heterocycles. The number of aryl methyl sites for hydroxylation is 1. The standard InChI is InChI=1S/C15H11BrCl2O2/c1-9-2-5-11(6-3-9)20-15(16)14(19)12-7-4-10(17)8-13(12)18/h2-8,15H,1H3. The predicted octanol–water partition coefficient (Wildman–Crippen LogP) is 5.28. The molecular formula is C15H11BrCl2O2. The Morgan fingerprint density at radius 3 is 2.40 bits per heavy atom. The van der Waals surface area contributed by atoms with Crippen LogP contribution in [0.5, 0.6) is 5.75 Å². The smallest absolute Gasteiger partial charge is 0.215 e. The van der Waals surface area contributed by atoms with Gasteiger partial charge in [-0.15, -0.1) is 0 Å². The van der Waals surface area contributed by atoms with Gasteiger partial charge in [0, 0.05) is 10.6 Å². The molecule has 1 atom stereocenters. The molecule has 0 aliphatic carbocycles. The van der Waals surface area contributed by atoms with E-state index in [4.69, 9.17) is 27.9 Å². The number of benzene rings is 2. The third-order valence-corrected chi connectivity index (χ3v) is 3.81. The van der Waals surface area contributed by atoms with Gasteiger partial charge in [-0.2, -0.15) is 0 Å². The van der Waals surface area contributed by atoms with Crippen molar-refractivity contribution >= 4 is 44.9 Å². The highest BCUT2D eigenvalue weighted by atomic mass is 79.9. The van der Waals surface area contributed by atoms with Crippen molar-refractivity contribution in [2.75, 3.05) is 0 Å². The molecular weight excluding hydrogens is 363 g/mol. The van der Waals surface area contributed by atoms with Crippen molar-refractivity contribution in [1.82, 2.24) is 0 Å². The maximum Gasteiger partial charge on any atom is 0.215 e. The second kappa shape index (κ2) is 6.61. The van der Waals surface area contributed by atoms with Crippen molar-refractivity contribution in [3.63, 3.8) is 0 Å². The minimum Gasteiger partial charge on any atom is -0.471 e. The van der Waals surface area contributed by atoms with Crippen LogP contribution in [-0.2, 0) is 0 Å². The molecule has 0 saturated carbocycles. The van der Waals surface area contributed by atoms with Gasteiger partial charge in [0.05, 0.1) is 5.02 Å². The number of Topliss-reactive ketones (excluding diaryl/α,β-unsaturated/α-hetero) is 1.